The highest BCUT2D eigenvalue weighted by molar-refractivity contribution is 5.30. The minimum atomic E-state index is 0.371. The van der Waals surface area contributed by atoms with E-state index >= 15 is 0 Å². The van der Waals surface area contributed by atoms with Gasteiger partial charge in [-0.15, -0.1) is 0 Å². The molecule has 1 rings (SSSR count). The predicted octanol–water partition coefficient (Wildman–Crippen LogP) is 3.31. The Morgan fingerprint density at radius 2 is 2.25 bits per heavy atom. The van der Waals surface area contributed by atoms with Gasteiger partial charge < -0.3 is 10.1 Å². The molecule has 1 N–H and O–H groups in total. The Labute approximate surface area is 98.3 Å². The highest BCUT2D eigenvalue weighted by Gasteiger charge is 2.04. The molecule has 0 spiro atoms. The summed E-state index contributed by atoms with van der Waals surface area (Å²) >= 11 is 0. The van der Waals surface area contributed by atoms with Gasteiger partial charge in [0.15, 0.2) is 0 Å². The second-order valence-electron chi connectivity index (χ2n) is 3.73. The van der Waals surface area contributed by atoms with Crippen LogP contribution in [0.5, 0.6) is 5.75 Å². The second-order valence-corrected chi connectivity index (χ2v) is 3.73. The third-order valence-electron chi connectivity index (χ3n) is 2.45. The molecule has 0 aliphatic carbocycles. The van der Waals surface area contributed by atoms with Crippen molar-refractivity contribution in [2.75, 3.05) is 13.2 Å². The molecule has 0 aliphatic heterocycles. The molecule has 2 heteroatoms. The third kappa shape index (κ3) is 4.07. The van der Waals surface area contributed by atoms with Gasteiger partial charge in [-0.1, -0.05) is 31.2 Å². The Morgan fingerprint density at radius 3 is 2.94 bits per heavy atom. The largest absolute Gasteiger partial charge is 0.490 e. The van der Waals surface area contributed by atoms with Crippen LogP contribution in [-0.4, -0.2) is 13.2 Å². The third-order valence-corrected chi connectivity index (χ3v) is 2.45. The molecule has 2 nitrogen and oxygen atoms in total. The predicted molar refractivity (Wildman–Crippen MR) is 68.8 cm³/mol. The number of hydrogen-bond donors (Lipinski definition) is 1. The first kappa shape index (κ1) is 12.8. The first-order valence-electron chi connectivity index (χ1n) is 5.85. The Bertz CT molecular complexity index is 333. The number of hydrogen-bond acceptors (Lipinski definition) is 2. The van der Waals surface area contributed by atoms with E-state index in [1.54, 1.807) is 0 Å². The van der Waals surface area contributed by atoms with E-state index in [1.807, 2.05) is 31.2 Å². The first-order chi connectivity index (χ1) is 7.77. The lowest BCUT2D eigenvalue weighted by Gasteiger charge is -2.13. The van der Waals surface area contributed by atoms with Crippen LogP contribution in [0.2, 0.25) is 0 Å². The van der Waals surface area contributed by atoms with Crippen LogP contribution in [0, 0.1) is 0 Å². The van der Waals surface area contributed by atoms with Crippen LogP contribution in [0.25, 0.3) is 0 Å². The van der Waals surface area contributed by atoms with E-state index in [2.05, 4.69) is 31.3 Å². The zero-order valence-corrected chi connectivity index (χ0v) is 10.4. The van der Waals surface area contributed by atoms with Gasteiger partial charge >= 0.3 is 0 Å². The minimum Gasteiger partial charge on any atom is -0.490 e. The fourth-order valence-corrected chi connectivity index (χ4v) is 1.54. The molecular formula is C14H21NO. The molecule has 1 unspecified atom stereocenters. The Morgan fingerprint density at radius 1 is 1.44 bits per heavy atom. The van der Waals surface area contributed by atoms with Crippen LogP contribution in [-0.2, 0) is 0 Å². The van der Waals surface area contributed by atoms with Crippen molar-refractivity contribution < 1.29 is 4.74 Å². The molecular weight excluding hydrogens is 198 g/mol. The van der Waals surface area contributed by atoms with Crippen molar-refractivity contribution >= 4 is 0 Å². The van der Waals surface area contributed by atoms with E-state index in [1.165, 1.54) is 5.56 Å². The van der Waals surface area contributed by atoms with Crippen LogP contribution in [0.15, 0.2) is 36.4 Å². The van der Waals surface area contributed by atoms with Gasteiger partial charge in [-0.2, -0.15) is 0 Å². The lowest BCUT2D eigenvalue weighted by molar-refractivity contribution is 0.362. The molecule has 1 aromatic carbocycles. The van der Waals surface area contributed by atoms with Gasteiger partial charge in [0.2, 0.25) is 0 Å². The smallest absolute Gasteiger partial charge is 0.120 e. The summed E-state index contributed by atoms with van der Waals surface area (Å²) in [6.07, 6.45) is 3.99. The van der Waals surface area contributed by atoms with Crippen LogP contribution in [0.3, 0.4) is 0 Å². The number of rotatable bonds is 6. The van der Waals surface area contributed by atoms with E-state index in [9.17, 15) is 0 Å². The highest BCUT2D eigenvalue weighted by atomic mass is 16.5. The maximum absolute atomic E-state index is 5.60. The van der Waals surface area contributed by atoms with Gasteiger partial charge in [-0.25, -0.2) is 0 Å². The maximum atomic E-state index is 5.60. The van der Waals surface area contributed by atoms with Crippen molar-refractivity contribution in [3.63, 3.8) is 0 Å². The van der Waals surface area contributed by atoms with E-state index in [-0.39, 0.29) is 0 Å². The maximum Gasteiger partial charge on any atom is 0.120 e. The molecule has 0 aliphatic rings. The monoisotopic (exact) mass is 219 g/mol. The number of ether oxygens (including phenoxy) is 1. The van der Waals surface area contributed by atoms with Crippen molar-refractivity contribution in [3.8, 4) is 5.75 Å². The summed E-state index contributed by atoms with van der Waals surface area (Å²) in [5, 5.41) is 3.39. The fraction of sp³-hybridized carbons (Fsp3) is 0.429. The summed E-state index contributed by atoms with van der Waals surface area (Å²) in [7, 11) is 0. The van der Waals surface area contributed by atoms with Crippen molar-refractivity contribution in [1.82, 2.24) is 5.32 Å². The second kappa shape index (κ2) is 7.07. The number of nitrogens with one attached hydrogen (secondary N) is 1. The van der Waals surface area contributed by atoms with Crippen LogP contribution >= 0.6 is 0 Å². The summed E-state index contributed by atoms with van der Waals surface area (Å²) in [5.41, 5.74) is 1.26. The molecule has 0 fully saturated rings. The lowest BCUT2D eigenvalue weighted by atomic mass is 10.1. The fourth-order valence-electron chi connectivity index (χ4n) is 1.54. The Balaban J connectivity index is 2.63. The highest BCUT2D eigenvalue weighted by Crippen LogP contribution is 2.18. The molecule has 16 heavy (non-hydrogen) atoms. The lowest BCUT2D eigenvalue weighted by Crippen LogP contribution is -2.17. The van der Waals surface area contributed by atoms with Gasteiger partial charge in [0.25, 0.3) is 0 Å². The zero-order valence-electron chi connectivity index (χ0n) is 10.4. The summed E-state index contributed by atoms with van der Waals surface area (Å²) in [6.45, 7) is 7.88. The first-order valence-corrected chi connectivity index (χ1v) is 5.85. The van der Waals surface area contributed by atoms with Gasteiger partial charge in [-0.3, -0.25) is 0 Å². The summed E-state index contributed by atoms with van der Waals surface area (Å²) in [5.74, 6) is 0.931. The summed E-state index contributed by atoms with van der Waals surface area (Å²) in [6, 6.07) is 8.61. The molecule has 1 atom stereocenters. The quantitative estimate of drug-likeness (QED) is 0.741. The molecule has 0 bridgehead atoms. The standard InChI is InChI=1S/C14H21NO/c1-4-6-10-16-14-9-7-8-13(11-14)12(3)15-5-2/h4,6-9,11-12,15H,5,10H2,1-3H3/b6-4+. The molecule has 0 amide bonds. The van der Waals surface area contributed by atoms with Crippen LogP contribution in [0.4, 0.5) is 0 Å². The molecule has 0 saturated heterocycles. The van der Waals surface area contributed by atoms with Crippen LogP contribution < -0.4 is 10.1 Å². The normalized spacial score (nSPS) is 12.9. The van der Waals surface area contributed by atoms with E-state index in [4.69, 9.17) is 4.74 Å². The van der Waals surface area contributed by atoms with Crippen LogP contribution in [0.1, 0.15) is 32.4 Å². The molecule has 88 valence electrons. The molecule has 0 saturated carbocycles. The van der Waals surface area contributed by atoms with Gasteiger partial charge in [0, 0.05) is 6.04 Å². The van der Waals surface area contributed by atoms with Gasteiger partial charge in [-0.05, 0) is 38.1 Å². The van der Waals surface area contributed by atoms with E-state index in [0.29, 0.717) is 12.6 Å². The van der Waals surface area contributed by atoms with Crippen molar-refractivity contribution in [1.29, 1.82) is 0 Å². The summed E-state index contributed by atoms with van der Waals surface area (Å²) < 4.78 is 5.60. The topological polar surface area (TPSA) is 21.3 Å². The Hall–Kier alpha value is -1.28. The van der Waals surface area contributed by atoms with E-state index in [0.717, 1.165) is 12.3 Å². The average Bonchev–Trinajstić information content (AvgIpc) is 2.30. The zero-order chi connectivity index (χ0) is 11.8. The van der Waals surface area contributed by atoms with Crippen molar-refractivity contribution in [3.05, 3.63) is 42.0 Å². The molecule has 1 aromatic rings. The molecule has 0 aromatic heterocycles. The Kier molecular flexibility index (Phi) is 5.65. The van der Waals surface area contributed by atoms with Crippen molar-refractivity contribution in [2.45, 2.75) is 26.8 Å². The van der Waals surface area contributed by atoms with Gasteiger partial charge in [0.1, 0.15) is 12.4 Å². The van der Waals surface area contributed by atoms with Crippen molar-refractivity contribution in [2.24, 2.45) is 0 Å². The average molecular weight is 219 g/mol. The van der Waals surface area contributed by atoms with E-state index < -0.39 is 0 Å². The SMILES string of the molecule is C/C=C/COc1cccc(C(C)NCC)c1. The molecule has 0 heterocycles. The number of allylic oxidation sites excluding steroid dienone is 1. The minimum absolute atomic E-state index is 0.371. The number of benzene rings is 1. The van der Waals surface area contributed by atoms with Gasteiger partial charge in [0.05, 0.1) is 0 Å². The molecule has 0 radical (unpaired) electrons. The summed E-state index contributed by atoms with van der Waals surface area (Å²) in [4.78, 5) is 0.